The van der Waals surface area contributed by atoms with E-state index in [2.05, 4.69) is 21.2 Å². The van der Waals surface area contributed by atoms with Gasteiger partial charge in [0.25, 0.3) is 0 Å². The highest BCUT2D eigenvalue weighted by molar-refractivity contribution is 9.10. The summed E-state index contributed by atoms with van der Waals surface area (Å²) in [7, 11) is 0. The summed E-state index contributed by atoms with van der Waals surface area (Å²) in [6.07, 6.45) is 0.254. The van der Waals surface area contributed by atoms with Gasteiger partial charge in [-0.25, -0.2) is 4.39 Å². The minimum absolute atomic E-state index is 0.0317. The fourth-order valence-electron chi connectivity index (χ4n) is 1.96. The molecule has 0 bridgehead atoms. The van der Waals surface area contributed by atoms with Crippen LogP contribution in [0, 0.1) is 5.82 Å². The predicted octanol–water partition coefficient (Wildman–Crippen LogP) is 3.97. The van der Waals surface area contributed by atoms with Gasteiger partial charge in [-0.15, -0.1) is 0 Å². The first-order valence-corrected chi connectivity index (χ1v) is 7.68. The normalized spacial score (nSPS) is 11.8. The molecular weight excluding hydrogens is 349 g/mol. The van der Waals surface area contributed by atoms with Crippen LogP contribution in [-0.4, -0.2) is 16.5 Å². The molecule has 0 aliphatic rings. The van der Waals surface area contributed by atoms with E-state index in [9.17, 15) is 14.0 Å². The van der Waals surface area contributed by atoms with Gasteiger partial charge in [0.2, 0.25) is 5.91 Å². The van der Waals surface area contributed by atoms with Crippen molar-refractivity contribution in [3.05, 3.63) is 65.5 Å². The summed E-state index contributed by atoms with van der Waals surface area (Å²) in [5.41, 5.74) is 1.65. The Labute approximate surface area is 136 Å². The lowest BCUT2D eigenvalue weighted by Gasteiger charge is -2.11. The molecule has 2 aromatic rings. The SMILES string of the molecule is CC(=O)c1ccc(NC(=O)C(Br)Cc2ccccc2F)cc1. The van der Waals surface area contributed by atoms with Crippen LogP contribution in [0.5, 0.6) is 0 Å². The highest BCUT2D eigenvalue weighted by Gasteiger charge is 2.17. The Kier molecular flexibility index (Phi) is 5.44. The van der Waals surface area contributed by atoms with E-state index in [4.69, 9.17) is 0 Å². The summed E-state index contributed by atoms with van der Waals surface area (Å²) in [5, 5.41) is 2.73. The molecule has 5 heteroatoms. The number of ketones is 1. The van der Waals surface area contributed by atoms with Gasteiger partial charge < -0.3 is 5.32 Å². The molecule has 0 heterocycles. The molecule has 22 heavy (non-hydrogen) atoms. The summed E-state index contributed by atoms with van der Waals surface area (Å²) in [6.45, 7) is 1.48. The molecule has 1 atom stereocenters. The van der Waals surface area contributed by atoms with Crippen molar-refractivity contribution in [1.29, 1.82) is 0 Å². The zero-order valence-corrected chi connectivity index (χ0v) is 13.6. The van der Waals surface area contributed by atoms with Crippen LogP contribution in [0.4, 0.5) is 10.1 Å². The standard InChI is InChI=1S/C17H15BrFNO2/c1-11(21)12-6-8-14(9-7-12)20-17(22)15(18)10-13-4-2-3-5-16(13)19/h2-9,15H,10H2,1H3,(H,20,22). The molecule has 0 saturated heterocycles. The zero-order valence-electron chi connectivity index (χ0n) is 12.0. The van der Waals surface area contributed by atoms with E-state index in [1.165, 1.54) is 13.0 Å². The van der Waals surface area contributed by atoms with Gasteiger partial charge in [0, 0.05) is 11.3 Å². The van der Waals surface area contributed by atoms with E-state index in [0.29, 0.717) is 16.8 Å². The minimum atomic E-state index is -0.545. The molecule has 1 amide bonds. The van der Waals surface area contributed by atoms with Gasteiger partial charge in [-0.05, 0) is 49.2 Å². The van der Waals surface area contributed by atoms with Crippen LogP contribution in [0.3, 0.4) is 0 Å². The van der Waals surface area contributed by atoms with Crippen molar-refractivity contribution in [1.82, 2.24) is 0 Å². The number of alkyl halides is 1. The number of nitrogens with one attached hydrogen (secondary N) is 1. The van der Waals surface area contributed by atoms with E-state index >= 15 is 0 Å². The quantitative estimate of drug-likeness (QED) is 0.645. The number of hydrogen-bond acceptors (Lipinski definition) is 2. The third-order valence-electron chi connectivity index (χ3n) is 3.20. The number of Topliss-reactive ketones (excluding diaryl/α,β-unsaturated/α-hetero) is 1. The first-order chi connectivity index (χ1) is 10.5. The number of anilines is 1. The molecule has 0 saturated carbocycles. The number of carbonyl (C=O) groups excluding carboxylic acids is 2. The van der Waals surface area contributed by atoms with Crippen LogP contribution in [0.15, 0.2) is 48.5 Å². The molecule has 0 aliphatic heterocycles. The Morgan fingerprint density at radius 3 is 2.36 bits per heavy atom. The molecule has 0 spiro atoms. The number of benzene rings is 2. The average molecular weight is 364 g/mol. The van der Waals surface area contributed by atoms with E-state index in [1.807, 2.05) is 0 Å². The van der Waals surface area contributed by atoms with Crippen LogP contribution in [0.2, 0.25) is 0 Å². The first kappa shape index (κ1) is 16.4. The third-order valence-corrected chi connectivity index (χ3v) is 3.94. The summed E-state index contributed by atoms with van der Waals surface area (Å²) in [4.78, 5) is 22.7. The summed E-state index contributed by atoms with van der Waals surface area (Å²) >= 11 is 3.28. The Morgan fingerprint density at radius 1 is 1.14 bits per heavy atom. The molecule has 2 aromatic carbocycles. The Morgan fingerprint density at radius 2 is 1.77 bits per heavy atom. The molecule has 0 fully saturated rings. The molecule has 3 nitrogen and oxygen atoms in total. The van der Waals surface area contributed by atoms with Crippen molar-refractivity contribution in [3.8, 4) is 0 Å². The van der Waals surface area contributed by atoms with Crippen LogP contribution in [0.1, 0.15) is 22.8 Å². The van der Waals surface area contributed by atoms with Crippen LogP contribution in [-0.2, 0) is 11.2 Å². The van der Waals surface area contributed by atoms with E-state index in [0.717, 1.165) is 0 Å². The maximum atomic E-state index is 13.6. The van der Waals surface area contributed by atoms with Gasteiger partial charge in [-0.3, -0.25) is 9.59 Å². The van der Waals surface area contributed by atoms with Gasteiger partial charge >= 0.3 is 0 Å². The third kappa shape index (κ3) is 4.24. The number of carbonyl (C=O) groups is 2. The number of rotatable bonds is 5. The van der Waals surface area contributed by atoms with Crippen molar-refractivity contribution in [2.24, 2.45) is 0 Å². The van der Waals surface area contributed by atoms with Crippen molar-refractivity contribution in [2.45, 2.75) is 18.2 Å². The van der Waals surface area contributed by atoms with Gasteiger partial charge in [0.15, 0.2) is 5.78 Å². The summed E-state index contributed by atoms with van der Waals surface area (Å²) in [6, 6.07) is 13.0. The largest absolute Gasteiger partial charge is 0.325 e. The molecule has 0 aromatic heterocycles. The lowest BCUT2D eigenvalue weighted by molar-refractivity contribution is -0.115. The van der Waals surface area contributed by atoms with Gasteiger partial charge in [0.05, 0.1) is 4.83 Å². The maximum absolute atomic E-state index is 13.6. The molecule has 114 valence electrons. The fraction of sp³-hybridized carbons (Fsp3) is 0.176. The van der Waals surface area contributed by atoms with Gasteiger partial charge in [-0.1, -0.05) is 34.1 Å². The van der Waals surface area contributed by atoms with Gasteiger partial charge in [0.1, 0.15) is 5.82 Å². The molecule has 1 unspecified atom stereocenters. The second kappa shape index (κ2) is 7.31. The second-order valence-corrected chi connectivity index (χ2v) is 5.99. The van der Waals surface area contributed by atoms with Crippen molar-refractivity contribution < 1.29 is 14.0 Å². The Bertz CT molecular complexity index is 685. The van der Waals surface area contributed by atoms with Crippen molar-refractivity contribution in [2.75, 3.05) is 5.32 Å². The second-order valence-electron chi connectivity index (χ2n) is 4.89. The Hall–Kier alpha value is -2.01. The van der Waals surface area contributed by atoms with E-state index in [1.54, 1.807) is 42.5 Å². The monoisotopic (exact) mass is 363 g/mol. The van der Waals surface area contributed by atoms with Crippen LogP contribution < -0.4 is 5.32 Å². The number of amides is 1. The highest BCUT2D eigenvalue weighted by Crippen LogP contribution is 2.16. The minimum Gasteiger partial charge on any atom is -0.325 e. The predicted molar refractivity (Wildman–Crippen MR) is 87.9 cm³/mol. The molecule has 2 rings (SSSR count). The van der Waals surface area contributed by atoms with Gasteiger partial charge in [-0.2, -0.15) is 0 Å². The van der Waals surface area contributed by atoms with Crippen molar-refractivity contribution in [3.63, 3.8) is 0 Å². The average Bonchev–Trinajstić information content (AvgIpc) is 2.50. The molecular formula is C17H15BrFNO2. The lowest BCUT2D eigenvalue weighted by atomic mass is 10.1. The van der Waals surface area contributed by atoms with Crippen LogP contribution in [0.25, 0.3) is 0 Å². The number of halogens is 2. The summed E-state index contributed by atoms with van der Waals surface area (Å²) in [5.74, 6) is -0.625. The molecule has 0 aliphatic carbocycles. The van der Waals surface area contributed by atoms with Crippen LogP contribution >= 0.6 is 15.9 Å². The highest BCUT2D eigenvalue weighted by atomic mass is 79.9. The molecule has 0 radical (unpaired) electrons. The topological polar surface area (TPSA) is 46.2 Å². The summed E-state index contributed by atoms with van der Waals surface area (Å²) < 4.78 is 13.6. The Balaban J connectivity index is 1.99. The van der Waals surface area contributed by atoms with Crippen molar-refractivity contribution >= 4 is 33.3 Å². The molecule has 1 N–H and O–H groups in total. The number of hydrogen-bond donors (Lipinski definition) is 1. The maximum Gasteiger partial charge on any atom is 0.238 e. The smallest absolute Gasteiger partial charge is 0.238 e. The van der Waals surface area contributed by atoms with E-state index < -0.39 is 4.83 Å². The van der Waals surface area contributed by atoms with E-state index in [-0.39, 0.29) is 23.9 Å². The lowest BCUT2D eigenvalue weighted by Crippen LogP contribution is -2.25. The zero-order chi connectivity index (χ0) is 16.1. The fourth-order valence-corrected chi connectivity index (χ4v) is 2.42. The first-order valence-electron chi connectivity index (χ1n) is 6.76.